The molecule has 2 amide bonds. The Bertz CT molecular complexity index is 796. The van der Waals surface area contributed by atoms with Crippen LogP contribution in [-0.2, 0) is 14.4 Å². The van der Waals surface area contributed by atoms with Gasteiger partial charge in [0.2, 0.25) is 5.91 Å². The van der Waals surface area contributed by atoms with Crippen LogP contribution in [0.1, 0.15) is 44.1 Å². The van der Waals surface area contributed by atoms with Gasteiger partial charge in [-0.3, -0.25) is 19.3 Å². The van der Waals surface area contributed by atoms with E-state index in [1.54, 1.807) is 18.2 Å². The number of amides is 2. The summed E-state index contributed by atoms with van der Waals surface area (Å²) >= 11 is 6.46. The molecule has 1 fully saturated rings. The zero-order valence-corrected chi connectivity index (χ0v) is 17.5. The van der Waals surface area contributed by atoms with Crippen LogP contribution in [0.15, 0.2) is 29.2 Å². The van der Waals surface area contributed by atoms with Crippen LogP contribution in [0.2, 0.25) is 0 Å². The van der Waals surface area contributed by atoms with E-state index in [0.717, 1.165) is 18.4 Å². The number of carbonyl (C=O) groups excluding carboxylic acids is 2. The van der Waals surface area contributed by atoms with E-state index in [0.29, 0.717) is 35.2 Å². The molecule has 0 aromatic heterocycles. The van der Waals surface area contributed by atoms with E-state index in [-0.39, 0.29) is 30.5 Å². The Morgan fingerprint density at radius 3 is 2.55 bits per heavy atom. The molecule has 1 aliphatic rings. The molecule has 1 heterocycles. The van der Waals surface area contributed by atoms with E-state index < -0.39 is 5.97 Å². The molecule has 0 unspecified atom stereocenters. The molecule has 1 aromatic carbocycles. The molecule has 0 atom stereocenters. The third-order valence-corrected chi connectivity index (χ3v) is 5.59. The second-order valence-electron chi connectivity index (χ2n) is 6.54. The van der Waals surface area contributed by atoms with Crippen LogP contribution in [0.25, 0.3) is 6.08 Å². The Balaban J connectivity index is 1.70. The van der Waals surface area contributed by atoms with E-state index in [1.807, 2.05) is 0 Å². The van der Waals surface area contributed by atoms with Gasteiger partial charge in [-0.25, -0.2) is 4.39 Å². The number of unbranched alkanes of at least 4 members (excludes halogenated alkanes) is 2. The van der Waals surface area contributed by atoms with Crippen molar-refractivity contribution in [2.75, 3.05) is 13.1 Å². The molecule has 0 aliphatic carbocycles. The Kier molecular flexibility index (Phi) is 9.27. The average molecular weight is 439 g/mol. The van der Waals surface area contributed by atoms with Crippen molar-refractivity contribution in [3.05, 3.63) is 40.6 Å². The first-order valence-corrected chi connectivity index (χ1v) is 10.6. The van der Waals surface area contributed by atoms with Crippen molar-refractivity contribution >= 4 is 52.2 Å². The number of hydrogen-bond acceptors (Lipinski definition) is 5. The van der Waals surface area contributed by atoms with Crippen LogP contribution in [-0.4, -0.2) is 45.2 Å². The minimum absolute atomic E-state index is 0.101. The number of benzene rings is 1. The molecule has 156 valence electrons. The lowest BCUT2D eigenvalue weighted by molar-refractivity contribution is -0.137. The summed E-state index contributed by atoms with van der Waals surface area (Å²) in [6, 6.07) is 5.84. The average Bonchev–Trinajstić information content (AvgIpc) is 2.93. The number of thiocarbonyl (C=S) groups is 1. The summed E-state index contributed by atoms with van der Waals surface area (Å²) in [6.07, 6.45) is 4.68. The largest absolute Gasteiger partial charge is 0.481 e. The predicted octanol–water partition coefficient (Wildman–Crippen LogP) is 3.57. The van der Waals surface area contributed by atoms with Crippen LogP contribution in [0.5, 0.6) is 0 Å². The van der Waals surface area contributed by atoms with E-state index in [4.69, 9.17) is 17.3 Å². The SMILES string of the molecule is O=C(O)CCCCCNC(=O)CCCN1C(=O)/C(=C/c2ccc(F)cc2)SC1=S. The Morgan fingerprint density at radius 1 is 1.14 bits per heavy atom. The van der Waals surface area contributed by atoms with Crippen molar-refractivity contribution in [2.45, 2.75) is 38.5 Å². The van der Waals surface area contributed by atoms with E-state index in [9.17, 15) is 18.8 Å². The van der Waals surface area contributed by atoms with Gasteiger partial charge in [-0.2, -0.15) is 0 Å². The lowest BCUT2D eigenvalue weighted by atomic mass is 10.2. The summed E-state index contributed by atoms with van der Waals surface area (Å²) < 4.78 is 13.4. The lowest BCUT2D eigenvalue weighted by Crippen LogP contribution is -2.30. The third kappa shape index (κ3) is 7.94. The molecule has 0 saturated carbocycles. The quantitative estimate of drug-likeness (QED) is 0.312. The summed E-state index contributed by atoms with van der Waals surface area (Å²) in [7, 11) is 0. The lowest BCUT2D eigenvalue weighted by Gasteiger charge is -2.14. The number of carbonyl (C=O) groups is 3. The molecule has 1 saturated heterocycles. The zero-order chi connectivity index (χ0) is 21.2. The fourth-order valence-electron chi connectivity index (χ4n) is 2.70. The van der Waals surface area contributed by atoms with Gasteiger partial charge in [0.15, 0.2) is 0 Å². The number of hydrogen-bond donors (Lipinski definition) is 2. The Morgan fingerprint density at radius 2 is 1.86 bits per heavy atom. The molecule has 29 heavy (non-hydrogen) atoms. The van der Waals surface area contributed by atoms with E-state index in [1.165, 1.54) is 28.8 Å². The van der Waals surface area contributed by atoms with E-state index in [2.05, 4.69) is 5.32 Å². The van der Waals surface area contributed by atoms with Crippen molar-refractivity contribution in [2.24, 2.45) is 0 Å². The van der Waals surface area contributed by atoms with Crippen molar-refractivity contribution in [3.63, 3.8) is 0 Å². The molecular weight excluding hydrogens is 415 g/mol. The number of nitrogens with zero attached hydrogens (tertiary/aromatic N) is 1. The fourth-order valence-corrected chi connectivity index (χ4v) is 4.00. The number of halogens is 1. The number of aliphatic carboxylic acids is 1. The number of carboxylic acid groups (broad SMARTS) is 1. The summed E-state index contributed by atoms with van der Waals surface area (Å²) in [6.45, 7) is 0.872. The molecule has 0 radical (unpaired) electrons. The van der Waals surface area contributed by atoms with Gasteiger partial charge < -0.3 is 10.4 Å². The summed E-state index contributed by atoms with van der Waals surface area (Å²) in [5.41, 5.74) is 0.717. The smallest absolute Gasteiger partial charge is 0.303 e. The highest BCUT2D eigenvalue weighted by atomic mass is 32.2. The number of thioether (sulfide) groups is 1. The van der Waals surface area contributed by atoms with E-state index >= 15 is 0 Å². The fraction of sp³-hybridized carbons (Fsp3) is 0.400. The highest BCUT2D eigenvalue weighted by Crippen LogP contribution is 2.32. The highest BCUT2D eigenvalue weighted by molar-refractivity contribution is 8.26. The standard InChI is InChI=1S/C20H23FN2O4S2/c21-15-9-7-14(8-10-15)13-16-19(27)23(20(28)29-16)12-4-5-17(24)22-11-3-1-2-6-18(25)26/h7-10,13H,1-6,11-12H2,(H,22,24)(H,25,26)/b16-13-. The molecule has 1 aromatic rings. The monoisotopic (exact) mass is 438 g/mol. The maximum absolute atomic E-state index is 13.0. The molecule has 9 heteroatoms. The maximum Gasteiger partial charge on any atom is 0.303 e. The van der Waals surface area contributed by atoms with Gasteiger partial charge in [0, 0.05) is 25.9 Å². The molecule has 2 rings (SSSR count). The van der Waals surface area contributed by atoms with Crippen LogP contribution in [0.4, 0.5) is 4.39 Å². The first-order valence-electron chi connectivity index (χ1n) is 9.36. The van der Waals surface area contributed by atoms with Crippen LogP contribution >= 0.6 is 24.0 Å². The van der Waals surface area contributed by atoms with Crippen LogP contribution < -0.4 is 5.32 Å². The second-order valence-corrected chi connectivity index (χ2v) is 8.22. The van der Waals surface area contributed by atoms with Gasteiger partial charge in [0.05, 0.1) is 4.91 Å². The third-order valence-electron chi connectivity index (χ3n) is 4.22. The van der Waals surface area contributed by atoms with Gasteiger partial charge in [-0.15, -0.1) is 0 Å². The number of rotatable bonds is 11. The van der Waals surface area contributed by atoms with Gasteiger partial charge >= 0.3 is 5.97 Å². The minimum atomic E-state index is -0.808. The molecule has 0 spiro atoms. The normalized spacial score (nSPS) is 15.2. The number of carboxylic acids is 1. The summed E-state index contributed by atoms with van der Waals surface area (Å²) in [5, 5.41) is 11.4. The van der Waals surface area contributed by atoms with Crippen LogP contribution in [0, 0.1) is 5.82 Å². The molecule has 1 aliphatic heterocycles. The summed E-state index contributed by atoms with van der Waals surface area (Å²) in [5.74, 6) is -1.45. The minimum Gasteiger partial charge on any atom is -0.481 e. The van der Waals surface area contributed by atoms with Crippen molar-refractivity contribution in [3.8, 4) is 0 Å². The summed E-state index contributed by atoms with van der Waals surface area (Å²) in [4.78, 5) is 36.8. The first kappa shape index (κ1) is 23.0. The predicted molar refractivity (Wildman–Crippen MR) is 115 cm³/mol. The highest BCUT2D eigenvalue weighted by Gasteiger charge is 2.31. The topological polar surface area (TPSA) is 86.7 Å². The Labute approximate surface area is 178 Å². The number of nitrogens with one attached hydrogen (secondary N) is 1. The molecule has 0 bridgehead atoms. The van der Waals surface area contributed by atoms with Gasteiger partial charge in [0.1, 0.15) is 10.1 Å². The molecular formula is C20H23FN2O4S2. The van der Waals surface area contributed by atoms with Gasteiger partial charge in [-0.05, 0) is 43.0 Å². The van der Waals surface area contributed by atoms with Gasteiger partial charge in [0.25, 0.3) is 5.91 Å². The first-order chi connectivity index (χ1) is 13.9. The zero-order valence-electron chi connectivity index (χ0n) is 15.9. The van der Waals surface area contributed by atoms with Gasteiger partial charge in [-0.1, -0.05) is 42.5 Å². The van der Waals surface area contributed by atoms with Crippen LogP contribution in [0.3, 0.4) is 0 Å². The van der Waals surface area contributed by atoms with Crippen molar-refractivity contribution < 1.29 is 23.9 Å². The maximum atomic E-state index is 13.0. The molecule has 6 nitrogen and oxygen atoms in total. The molecule has 2 N–H and O–H groups in total. The Hall–Kier alpha value is -2.26. The van der Waals surface area contributed by atoms with Crippen molar-refractivity contribution in [1.29, 1.82) is 0 Å². The van der Waals surface area contributed by atoms with Crippen molar-refractivity contribution in [1.82, 2.24) is 10.2 Å². The second kappa shape index (κ2) is 11.7.